The van der Waals surface area contributed by atoms with Gasteiger partial charge in [-0.1, -0.05) is 27.7 Å². The predicted octanol–water partition coefficient (Wildman–Crippen LogP) is 0.676. The minimum atomic E-state index is -0.900. The van der Waals surface area contributed by atoms with Crippen molar-refractivity contribution in [3.63, 3.8) is 0 Å². The van der Waals surface area contributed by atoms with Crippen molar-refractivity contribution in [2.45, 2.75) is 53.9 Å². The van der Waals surface area contributed by atoms with Gasteiger partial charge in [-0.25, -0.2) is 0 Å². The van der Waals surface area contributed by atoms with Gasteiger partial charge < -0.3 is 10.6 Å². The maximum atomic E-state index is 12.2. The molecular weight excluding hydrogens is 256 g/mol. The van der Waals surface area contributed by atoms with Crippen molar-refractivity contribution < 1.29 is 9.59 Å². The lowest BCUT2D eigenvalue weighted by Gasteiger charge is -2.43. The van der Waals surface area contributed by atoms with E-state index in [1.807, 2.05) is 41.5 Å². The van der Waals surface area contributed by atoms with Crippen LogP contribution in [0, 0.1) is 0 Å². The van der Waals surface area contributed by atoms with Crippen molar-refractivity contribution in [2.24, 2.45) is 5.73 Å². The number of carbonyl (C=O) groups excluding carboxylic acids is 2. The number of nitrogens with two attached hydrogens (primary N) is 1. The third-order valence-corrected chi connectivity index (χ3v) is 3.93. The molecule has 0 aliphatic heterocycles. The van der Waals surface area contributed by atoms with Gasteiger partial charge in [0.05, 0.1) is 12.3 Å². The smallest absolute Gasteiger partial charge is 0.314 e. The summed E-state index contributed by atoms with van der Waals surface area (Å²) in [6.45, 7) is 15.3. The molecule has 0 rings (SSSR count). The molecule has 2 amide bonds. The Morgan fingerprint density at radius 2 is 1.15 bits per heavy atom. The summed E-state index contributed by atoms with van der Waals surface area (Å²) in [4.78, 5) is 29.4. The Hall–Kier alpha value is -1.14. The van der Waals surface area contributed by atoms with E-state index in [0.29, 0.717) is 0 Å². The summed E-state index contributed by atoms with van der Waals surface area (Å²) in [5.74, 6) is -1.52. The second-order valence-electron chi connectivity index (χ2n) is 4.78. The van der Waals surface area contributed by atoms with E-state index in [0.717, 1.165) is 26.2 Å². The van der Waals surface area contributed by atoms with Crippen LogP contribution in [0.4, 0.5) is 0 Å². The number of amides is 2. The highest BCUT2D eigenvalue weighted by atomic mass is 16.2. The molecule has 0 aliphatic rings. The fourth-order valence-corrected chi connectivity index (χ4v) is 2.63. The Bertz CT molecular complexity index is 296. The third-order valence-electron chi connectivity index (χ3n) is 3.93. The Balaban J connectivity index is 5.37. The molecule has 0 fully saturated rings. The predicted molar refractivity (Wildman–Crippen MR) is 80.8 cm³/mol. The molecule has 2 atom stereocenters. The molecule has 2 unspecified atom stereocenters. The Kier molecular flexibility index (Phi) is 8.41. The summed E-state index contributed by atoms with van der Waals surface area (Å²) < 4.78 is 0. The van der Waals surface area contributed by atoms with Crippen LogP contribution in [0.2, 0.25) is 0 Å². The molecule has 0 saturated heterocycles. The first-order valence-corrected chi connectivity index (χ1v) is 7.45. The zero-order chi connectivity index (χ0) is 15.9. The maximum Gasteiger partial charge on any atom is 0.314 e. The van der Waals surface area contributed by atoms with E-state index in [-0.39, 0.29) is 12.3 Å². The van der Waals surface area contributed by atoms with Gasteiger partial charge >= 0.3 is 11.8 Å². The van der Waals surface area contributed by atoms with E-state index in [1.165, 1.54) is 0 Å². The van der Waals surface area contributed by atoms with Crippen molar-refractivity contribution in [1.82, 2.24) is 14.7 Å². The van der Waals surface area contributed by atoms with Gasteiger partial charge in [0.2, 0.25) is 0 Å². The van der Waals surface area contributed by atoms with E-state index in [9.17, 15) is 9.59 Å². The van der Waals surface area contributed by atoms with Crippen LogP contribution in [0.3, 0.4) is 0 Å². The molecule has 2 N–H and O–H groups in total. The topological polar surface area (TPSA) is 69.9 Å². The Morgan fingerprint density at radius 1 is 0.850 bits per heavy atom. The van der Waals surface area contributed by atoms with Crippen LogP contribution >= 0.6 is 0 Å². The molecular formula is C14H30N4O2. The highest BCUT2D eigenvalue weighted by Gasteiger charge is 2.33. The summed E-state index contributed by atoms with van der Waals surface area (Å²) in [6, 6.07) is 0. The fraction of sp³-hybridized carbons (Fsp3) is 0.857. The minimum absolute atomic E-state index is 0.166. The molecule has 0 spiro atoms. The molecule has 118 valence electrons. The second kappa shape index (κ2) is 8.92. The van der Waals surface area contributed by atoms with Crippen LogP contribution in [0.25, 0.3) is 0 Å². The number of rotatable bonds is 8. The molecule has 0 aliphatic carbocycles. The number of nitrogens with zero attached hydrogens (tertiary/aromatic N) is 3. The Morgan fingerprint density at radius 3 is 1.35 bits per heavy atom. The molecule has 0 heterocycles. The SMILES string of the molecule is CCN(CC)C(C)N(C(=O)C(N)=O)C(C)N(CC)CC. The van der Waals surface area contributed by atoms with Crippen LogP contribution in [-0.4, -0.2) is 65.0 Å². The zero-order valence-electron chi connectivity index (χ0n) is 13.7. The third kappa shape index (κ3) is 4.45. The van der Waals surface area contributed by atoms with Crippen LogP contribution in [0.15, 0.2) is 0 Å². The average molecular weight is 286 g/mol. The second-order valence-corrected chi connectivity index (χ2v) is 4.78. The number of primary amides is 1. The lowest BCUT2D eigenvalue weighted by Crippen LogP contribution is -2.60. The lowest BCUT2D eigenvalue weighted by molar-refractivity contribution is -0.154. The van der Waals surface area contributed by atoms with Crippen molar-refractivity contribution >= 4 is 11.8 Å². The molecule has 6 heteroatoms. The van der Waals surface area contributed by atoms with Crippen molar-refractivity contribution in [1.29, 1.82) is 0 Å². The first kappa shape index (κ1) is 18.9. The van der Waals surface area contributed by atoms with Gasteiger partial charge in [-0.3, -0.25) is 19.4 Å². The van der Waals surface area contributed by atoms with Gasteiger partial charge in [-0.05, 0) is 40.0 Å². The summed E-state index contributed by atoms with van der Waals surface area (Å²) in [6.07, 6.45) is -0.332. The van der Waals surface area contributed by atoms with E-state index in [2.05, 4.69) is 9.80 Å². The monoisotopic (exact) mass is 286 g/mol. The van der Waals surface area contributed by atoms with E-state index < -0.39 is 11.8 Å². The van der Waals surface area contributed by atoms with Gasteiger partial charge in [0.25, 0.3) is 0 Å². The van der Waals surface area contributed by atoms with E-state index in [4.69, 9.17) is 5.73 Å². The maximum absolute atomic E-state index is 12.2. The van der Waals surface area contributed by atoms with Crippen molar-refractivity contribution in [3.05, 3.63) is 0 Å². The number of carbonyl (C=O) groups is 2. The van der Waals surface area contributed by atoms with Gasteiger partial charge in [0.15, 0.2) is 0 Å². The summed E-state index contributed by atoms with van der Waals surface area (Å²) >= 11 is 0. The van der Waals surface area contributed by atoms with Crippen LogP contribution in [-0.2, 0) is 9.59 Å². The number of hydrogen-bond acceptors (Lipinski definition) is 4. The van der Waals surface area contributed by atoms with Gasteiger partial charge in [0, 0.05) is 0 Å². The van der Waals surface area contributed by atoms with Gasteiger partial charge in [-0.2, -0.15) is 0 Å². The molecule has 0 radical (unpaired) electrons. The van der Waals surface area contributed by atoms with Crippen molar-refractivity contribution in [2.75, 3.05) is 26.2 Å². The fourth-order valence-electron chi connectivity index (χ4n) is 2.63. The summed E-state index contributed by atoms with van der Waals surface area (Å²) in [5.41, 5.74) is 5.21. The average Bonchev–Trinajstić information content (AvgIpc) is 2.41. The van der Waals surface area contributed by atoms with Crippen LogP contribution < -0.4 is 5.73 Å². The molecule has 0 aromatic heterocycles. The lowest BCUT2D eigenvalue weighted by atomic mass is 10.2. The largest absolute Gasteiger partial charge is 0.361 e. The summed E-state index contributed by atoms with van der Waals surface area (Å²) in [5, 5.41) is 0. The normalized spacial score (nSPS) is 14.4. The first-order valence-electron chi connectivity index (χ1n) is 7.45. The Labute approximate surface area is 122 Å². The first-order chi connectivity index (χ1) is 9.35. The van der Waals surface area contributed by atoms with Gasteiger partial charge in [-0.15, -0.1) is 0 Å². The zero-order valence-corrected chi connectivity index (χ0v) is 13.7. The molecule has 6 nitrogen and oxygen atoms in total. The standard InChI is InChI=1S/C14H30N4O2/c1-7-16(8-2)11(5)18(14(20)13(15)19)12(6)17(9-3)10-4/h11-12H,7-10H2,1-6H3,(H2,15,19). The van der Waals surface area contributed by atoms with E-state index in [1.54, 1.807) is 4.90 Å². The highest BCUT2D eigenvalue weighted by molar-refractivity contribution is 6.34. The number of hydrogen-bond donors (Lipinski definition) is 1. The molecule has 0 bridgehead atoms. The quantitative estimate of drug-likeness (QED) is 0.526. The molecule has 20 heavy (non-hydrogen) atoms. The van der Waals surface area contributed by atoms with Crippen LogP contribution in [0.5, 0.6) is 0 Å². The van der Waals surface area contributed by atoms with Crippen LogP contribution in [0.1, 0.15) is 41.5 Å². The summed E-state index contributed by atoms with van der Waals surface area (Å²) in [7, 11) is 0. The molecule has 0 aromatic rings. The van der Waals surface area contributed by atoms with Gasteiger partial charge in [0.1, 0.15) is 0 Å². The molecule has 0 saturated carbocycles. The minimum Gasteiger partial charge on any atom is -0.361 e. The highest BCUT2D eigenvalue weighted by Crippen LogP contribution is 2.14. The molecule has 0 aromatic carbocycles. The van der Waals surface area contributed by atoms with Crippen molar-refractivity contribution in [3.8, 4) is 0 Å². The van der Waals surface area contributed by atoms with E-state index >= 15 is 0 Å².